The van der Waals surface area contributed by atoms with Crippen LogP contribution in [0.15, 0.2) is 0 Å². The van der Waals surface area contributed by atoms with Gasteiger partial charge in [-0.05, 0) is 18.8 Å². The SMILES string of the molecule is CC(O)CN1CC(C)(C)CCC1=O. The molecule has 76 valence electrons. The van der Waals surface area contributed by atoms with Gasteiger partial charge >= 0.3 is 0 Å². The maximum Gasteiger partial charge on any atom is 0.222 e. The molecule has 0 saturated carbocycles. The number of β-amino-alcohol motifs (C(OH)–C–C–N with tert-alkyl or cyclic N) is 1. The Morgan fingerprint density at radius 1 is 1.62 bits per heavy atom. The molecule has 0 aromatic heterocycles. The molecule has 1 atom stereocenters. The summed E-state index contributed by atoms with van der Waals surface area (Å²) in [5, 5.41) is 9.20. The number of rotatable bonds is 2. The molecule has 1 aliphatic heterocycles. The van der Waals surface area contributed by atoms with E-state index in [0.717, 1.165) is 13.0 Å². The van der Waals surface area contributed by atoms with Crippen LogP contribution in [-0.4, -0.2) is 35.1 Å². The van der Waals surface area contributed by atoms with E-state index in [2.05, 4.69) is 13.8 Å². The van der Waals surface area contributed by atoms with Gasteiger partial charge in [0.05, 0.1) is 6.10 Å². The van der Waals surface area contributed by atoms with Gasteiger partial charge in [0.15, 0.2) is 0 Å². The van der Waals surface area contributed by atoms with Gasteiger partial charge in [-0.2, -0.15) is 0 Å². The summed E-state index contributed by atoms with van der Waals surface area (Å²) in [5.74, 6) is 0.181. The van der Waals surface area contributed by atoms with E-state index in [1.165, 1.54) is 0 Å². The molecule has 1 aliphatic rings. The standard InChI is InChI=1S/C10H19NO2/c1-8(12)6-11-7-10(2,3)5-4-9(11)13/h8,12H,4-7H2,1-3H3. The largest absolute Gasteiger partial charge is 0.392 e. The summed E-state index contributed by atoms with van der Waals surface area (Å²) in [6.07, 6.45) is 1.17. The fraction of sp³-hybridized carbons (Fsp3) is 0.900. The molecule has 0 bridgehead atoms. The van der Waals surface area contributed by atoms with Gasteiger partial charge in [0.25, 0.3) is 0 Å². The number of hydrogen-bond acceptors (Lipinski definition) is 2. The third kappa shape index (κ3) is 2.99. The average molecular weight is 185 g/mol. The van der Waals surface area contributed by atoms with E-state index in [0.29, 0.717) is 13.0 Å². The first kappa shape index (κ1) is 10.5. The van der Waals surface area contributed by atoms with Gasteiger partial charge in [0.1, 0.15) is 0 Å². The maximum atomic E-state index is 11.4. The topological polar surface area (TPSA) is 40.5 Å². The molecule has 1 heterocycles. The van der Waals surface area contributed by atoms with Gasteiger partial charge in [-0.25, -0.2) is 0 Å². The number of hydrogen-bond donors (Lipinski definition) is 1. The van der Waals surface area contributed by atoms with Crippen LogP contribution >= 0.6 is 0 Å². The van der Waals surface area contributed by atoms with Crippen LogP contribution in [-0.2, 0) is 4.79 Å². The molecule has 3 nitrogen and oxygen atoms in total. The molecule has 0 aromatic carbocycles. The highest BCUT2D eigenvalue weighted by Gasteiger charge is 2.31. The lowest BCUT2D eigenvalue weighted by molar-refractivity contribution is -0.138. The smallest absolute Gasteiger partial charge is 0.222 e. The minimum Gasteiger partial charge on any atom is -0.392 e. The second kappa shape index (κ2) is 3.66. The zero-order chi connectivity index (χ0) is 10.1. The predicted molar refractivity (Wildman–Crippen MR) is 51.3 cm³/mol. The molecule has 1 amide bonds. The number of nitrogens with zero attached hydrogens (tertiary/aromatic N) is 1. The Morgan fingerprint density at radius 2 is 2.23 bits per heavy atom. The van der Waals surface area contributed by atoms with Crippen LogP contribution < -0.4 is 0 Å². The molecule has 0 spiro atoms. The van der Waals surface area contributed by atoms with Crippen molar-refractivity contribution in [3.8, 4) is 0 Å². The van der Waals surface area contributed by atoms with Crippen LogP contribution in [0.1, 0.15) is 33.6 Å². The fourth-order valence-corrected chi connectivity index (χ4v) is 1.77. The van der Waals surface area contributed by atoms with Crippen LogP contribution in [0.5, 0.6) is 0 Å². The van der Waals surface area contributed by atoms with E-state index in [1.54, 1.807) is 11.8 Å². The van der Waals surface area contributed by atoms with Crippen LogP contribution in [0, 0.1) is 5.41 Å². The van der Waals surface area contributed by atoms with Crippen molar-refractivity contribution in [2.45, 2.75) is 39.7 Å². The van der Waals surface area contributed by atoms with E-state index in [4.69, 9.17) is 0 Å². The van der Waals surface area contributed by atoms with E-state index in [1.807, 2.05) is 0 Å². The molecule has 1 N–H and O–H groups in total. The Kier molecular flexibility index (Phi) is 2.96. The first-order valence-corrected chi connectivity index (χ1v) is 4.86. The lowest BCUT2D eigenvalue weighted by Crippen LogP contribution is -2.46. The zero-order valence-electron chi connectivity index (χ0n) is 8.71. The molecular weight excluding hydrogens is 166 g/mol. The Morgan fingerprint density at radius 3 is 2.77 bits per heavy atom. The zero-order valence-corrected chi connectivity index (χ0v) is 8.71. The molecular formula is C10H19NO2. The highest BCUT2D eigenvalue weighted by Crippen LogP contribution is 2.28. The molecule has 0 aliphatic carbocycles. The summed E-state index contributed by atoms with van der Waals surface area (Å²) in [5.41, 5.74) is 0.211. The Hall–Kier alpha value is -0.570. The monoisotopic (exact) mass is 185 g/mol. The van der Waals surface area contributed by atoms with E-state index < -0.39 is 6.10 Å². The van der Waals surface area contributed by atoms with Crippen molar-refractivity contribution in [3.63, 3.8) is 0 Å². The lowest BCUT2D eigenvalue weighted by atomic mass is 9.84. The minimum atomic E-state index is -0.419. The number of aliphatic hydroxyl groups excluding tert-OH is 1. The van der Waals surface area contributed by atoms with Gasteiger partial charge in [0, 0.05) is 19.5 Å². The van der Waals surface area contributed by atoms with Crippen molar-refractivity contribution in [2.24, 2.45) is 5.41 Å². The number of aliphatic hydroxyl groups is 1. The molecule has 1 unspecified atom stereocenters. The van der Waals surface area contributed by atoms with E-state index in [-0.39, 0.29) is 11.3 Å². The summed E-state index contributed by atoms with van der Waals surface area (Å²) in [7, 11) is 0. The maximum absolute atomic E-state index is 11.4. The van der Waals surface area contributed by atoms with Gasteiger partial charge in [0.2, 0.25) is 5.91 Å². The molecule has 0 radical (unpaired) electrons. The number of amides is 1. The fourth-order valence-electron chi connectivity index (χ4n) is 1.77. The predicted octanol–water partition coefficient (Wildman–Crippen LogP) is 1.02. The quantitative estimate of drug-likeness (QED) is 0.697. The van der Waals surface area contributed by atoms with Crippen molar-refractivity contribution in [3.05, 3.63) is 0 Å². The summed E-state index contributed by atoms with van der Waals surface area (Å²) in [6, 6.07) is 0. The highest BCUT2D eigenvalue weighted by atomic mass is 16.3. The first-order valence-electron chi connectivity index (χ1n) is 4.86. The minimum absolute atomic E-state index is 0.181. The summed E-state index contributed by atoms with van der Waals surface area (Å²) < 4.78 is 0. The van der Waals surface area contributed by atoms with Crippen molar-refractivity contribution in [1.82, 2.24) is 4.90 Å². The molecule has 3 heteroatoms. The van der Waals surface area contributed by atoms with Crippen molar-refractivity contribution in [1.29, 1.82) is 0 Å². The molecule has 1 saturated heterocycles. The third-order valence-corrected chi connectivity index (χ3v) is 2.47. The third-order valence-electron chi connectivity index (χ3n) is 2.47. The van der Waals surface area contributed by atoms with Gasteiger partial charge < -0.3 is 10.0 Å². The Labute approximate surface area is 79.7 Å². The van der Waals surface area contributed by atoms with Crippen LogP contribution in [0.3, 0.4) is 0 Å². The van der Waals surface area contributed by atoms with Gasteiger partial charge in [-0.1, -0.05) is 13.8 Å². The van der Waals surface area contributed by atoms with E-state index in [9.17, 15) is 9.90 Å². The Bertz CT molecular complexity index is 199. The number of piperidine rings is 1. The number of likely N-dealkylation sites (tertiary alicyclic amines) is 1. The number of carbonyl (C=O) groups excluding carboxylic acids is 1. The molecule has 0 aromatic rings. The second-order valence-electron chi connectivity index (χ2n) is 4.79. The normalized spacial score (nSPS) is 24.6. The van der Waals surface area contributed by atoms with Crippen LogP contribution in [0.2, 0.25) is 0 Å². The van der Waals surface area contributed by atoms with Crippen molar-refractivity contribution in [2.75, 3.05) is 13.1 Å². The summed E-state index contributed by atoms with van der Waals surface area (Å²) in [4.78, 5) is 13.2. The molecule has 1 rings (SSSR count). The highest BCUT2D eigenvalue weighted by molar-refractivity contribution is 5.77. The lowest BCUT2D eigenvalue weighted by Gasteiger charge is -2.38. The summed E-state index contributed by atoms with van der Waals surface area (Å²) in [6.45, 7) is 7.29. The molecule has 13 heavy (non-hydrogen) atoms. The summed E-state index contributed by atoms with van der Waals surface area (Å²) >= 11 is 0. The first-order chi connectivity index (χ1) is 5.91. The molecule has 1 fully saturated rings. The van der Waals surface area contributed by atoms with E-state index >= 15 is 0 Å². The number of carbonyl (C=O) groups is 1. The van der Waals surface area contributed by atoms with Crippen molar-refractivity contribution >= 4 is 5.91 Å². The van der Waals surface area contributed by atoms with Gasteiger partial charge in [-0.3, -0.25) is 4.79 Å². The second-order valence-corrected chi connectivity index (χ2v) is 4.79. The van der Waals surface area contributed by atoms with Gasteiger partial charge in [-0.15, -0.1) is 0 Å². The van der Waals surface area contributed by atoms with Crippen LogP contribution in [0.25, 0.3) is 0 Å². The van der Waals surface area contributed by atoms with Crippen LogP contribution in [0.4, 0.5) is 0 Å². The Balaban J connectivity index is 2.55. The van der Waals surface area contributed by atoms with Crippen molar-refractivity contribution < 1.29 is 9.90 Å². The average Bonchev–Trinajstić information content (AvgIpc) is 1.95.